The summed E-state index contributed by atoms with van der Waals surface area (Å²) >= 11 is 0. The second-order valence-corrected chi connectivity index (χ2v) is 10.8. The van der Waals surface area contributed by atoms with E-state index >= 15 is 0 Å². The molecule has 0 spiro atoms. The van der Waals surface area contributed by atoms with Crippen molar-refractivity contribution in [1.82, 2.24) is 4.67 Å². The highest BCUT2D eigenvalue weighted by Crippen LogP contribution is 2.61. The first-order valence-corrected chi connectivity index (χ1v) is 11.1. The van der Waals surface area contributed by atoms with Gasteiger partial charge < -0.3 is 24.0 Å². The third kappa shape index (κ3) is 4.29. The summed E-state index contributed by atoms with van der Waals surface area (Å²) in [5.74, 6) is 0. The quantitative estimate of drug-likeness (QED) is 0.392. The zero-order chi connectivity index (χ0) is 18.6. The van der Waals surface area contributed by atoms with Gasteiger partial charge in [0.25, 0.3) is 0 Å². The first-order chi connectivity index (χ1) is 12.5. The van der Waals surface area contributed by atoms with Crippen LogP contribution in [0.2, 0.25) is 0 Å². The summed E-state index contributed by atoms with van der Waals surface area (Å²) in [5, 5.41) is 4.23. The van der Waals surface area contributed by atoms with Crippen molar-refractivity contribution < 1.29 is 24.0 Å². The van der Waals surface area contributed by atoms with E-state index in [1.54, 1.807) is 0 Å². The van der Waals surface area contributed by atoms with Crippen LogP contribution in [0.4, 0.5) is 0 Å². The van der Waals surface area contributed by atoms with Crippen LogP contribution in [0.5, 0.6) is 0 Å². The van der Waals surface area contributed by atoms with Crippen LogP contribution in [-0.2, 0) is 0 Å². The smallest absolute Gasteiger partial charge is 0.181 e. The summed E-state index contributed by atoms with van der Waals surface area (Å²) in [5.41, 5.74) is 0.0457. The summed E-state index contributed by atoms with van der Waals surface area (Å²) in [4.78, 5) is 0. The topological polar surface area (TPSA) is 3.24 Å². The lowest BCUT2D eigenvalue weighted by Gasteiger charge is -2.43. The van der Waals surface area contributed by atoms with Gasteiger partial charge in [0.05, 0.1) is 0 Å². The third-order valence-electron chi connectivity index (χ3n) is 4.83. The minimum atomic E-state index is -1.95. The van der Waals surface area contributed by atoms with Gasteiger partial charge >= 0.3 is 0 Å². The lowest BCUT2D eigenvalue weighted by molar-refractivity contribution is -0.00000637. The largest absolute Gasteiger partial charge is 1.00 e. The van der Waals surface area contributed by atoms with Crippen LogP contribution in [0, 0.1) is 0 Å². The average Bonchev–Trinajstić information content (AvgIpc) is 2.67. The van der Waals surface area contributed by atoms with E-state index in [0.29, 0.717) is 0 Å². The number of nitrogens with zero attached hydrogens (tertiary/aromatic N) is 1. The van der Waals surface area contributed by atoms with Gasteiger partial charge in [0, 0.05) is 12.1 Å². The molecule has 0 N–H and O–H groups in total. The maximum atomic E-state index is 2.72. The fourth-order valence-corrected chi connectivity index (χ4v) is 8.80. The Balaban J connectivity index is 0.00000261. The van der Waals surface area contributed by atoms with Gasteiger partial charge in [-0.25, -0.2) is 0 Å². The van der Waals surface area contributed by atoms with E-state index in [4.69, 9.17) is 0 Å². The van der Waals surface area contributed by atoms with E-state index in [-0.39, 0.29) is 29.5 Å². The van der Waals surface area contributed by atoms with Gasteiger partial charge in [0.15, 0.2) is 7.41 Å². The summed E-state index contributed by atoms with van der Waals surface area (Å²) in [6.07, 6.45) is 0. The highest BCUT2D eigenvalue weighted by molar-refractivity contribution is 7.93. The van der Waals surface area contributed by atoms with Gasteiger partial charge in [-0.3, -0.25) is 0 Å². The Bertz CT molecular complexity index is 717. The molecule has 0 saturated heterocycles. The zero-order valence-corrected chi connectivity index (χ0v) is 19.7. The summed E-state index contributed by atoms with van der Waals surface area (Å²) in [6, 6.07) is 33.2. The van der Waals surface area contributed by atoms with Crippen molar-refractivity contribution in [3.63, 3.8) is 0 Å². The molecule has 3 rings (SSSR count). The van der Waals surface area contributed by atoms with Gasteiger partial charge in [0.1, 0.15) is 15.9 Å². The zero-order valence-electron chi connectivity index (χ0n) is 16.6. The van der Waals surface area contributed by atoms with Crippen molar-refractivity contribution >= 4 is 23.3 Å². The van der Waals surface area contributed by atoms with Gasteiger partial charge in [0.2, 0.25) is 0 Å². The Morgan fingerprint density at radius 2 is 0.926 bits per heavy atom. The normalized spacial score (nSPS) is 11.9. The van der Waals surface area contributed by atoms with Crippen molar-refractivity contribution in [1.29, 1.82) is 0 Å². The lowest BCUT2D eigenvalue weighted by Crippen LogP contribution is -3.00. The predicted molar refractivity (Wildman–Crippen MR) is 117 cm³/mol. The first-order valence-electron chi connectivity index (χ1n) is 9.35. The minimum Gasteiger partial charge on any atom is -1.00 e. The molecule has 0 saturated carbocycles. The first kappa shape index (κ1) is 22.1. The monoisotopic (exact) mass is 489 g/mol. The molecule has 0 aliphatic carbocycles. The number of hydrogen-bond acceptors (Lipinski definition) is 1. The van der Waals surface area contributed by atoms with Crippen LogP contribution < -0.4 is 39.9 Å². The van der Waals surface area contributed by atoms with Crippen LogP contribution >= 0.6 is 7.41 Å². The summed E-state index contributed by atoms with van der Waals surface area (Å²) < 4.78 is 2.72. The third-order valence-corrected chi connectivity index (χ3v) is 9.57. The molecule has 0 fully saturated rings. The molecular weight excluding hydrogens is 460 g/mol. The molecule has 0 heterocycles. The second kappa shape index (κ2) is 9.32. The molecule has 0 atom stereocenters. The molecule has 3 aromatic carbocycles. The van der Waals surface area contributed by atoms with Crippen molar-refractivity contribution in [2.24, 2.45) is 0 Å². The SMILES string of the molecule is CCN(C(C)(C)C)[P+](c1ccccc1)(c1ccccc1)c1ccccc1.[I-]. The highest BCUT2D eigenvalue weighted by atomic mass is 127. The maximum absolute atomic E-state index is 2.72. The Morgan fingerprint density at radius 1 is 0.630 bits per heavy atom. The van der Waals surface area contributed by atoms with Gasteiger partial charge in [-0.15, -0.1) is 0 Å². The van der Waals surface area contributed by atoms with E-state index in [0.717, 1.165) is 6.54 Å². The van der Waals surface area contributed by atoms with E-state index in [1.807, 2.05) is 0 Å². The molecule has 3 heteroatoms. The molecule has 3 aromatic rings. The molecule has 0 radical (unpaired) electrons. The van der Waals surface area contributed by atoms with Crippen LogP contribution in [0.15, 0.2) is 91.0 Å². The van der Waals surface area contributed by atoms with Crippen molar-refractivity contribution in [3.8, 4) is 0 Å². The van der Waals surface area contributed by atoms with Gasteiger partial charge in [-0.1, -0.05) is 54.6 Å². The van der Waals surface area contributed by atoms with Crippen molar-refractivity contribution in [3.05, 3.63) is 91.0 Å². The molecule has 27 heavy (non-hydrogen) atoms. The molecule has 0 amide bonds. The highest BCUT2D eigenvalue weighted by Gasteiger charge is 2.54. The van der Waals surface area contributed by atoms with Crippen LogP contribution in [0.25, 0.3) is 0 Å². The van der Waals surface area contributed by atoms with E-state index < -0.39 is 7.41 Å². The van der Waals surface area contributed by atoms with Crippen LogP contribution in [-0.4, -0.2) is 16.8 Å². The van der Waals surface area contributed by atoms with Gasteiger partial charge in [-0.2, -0.15) is 4.67 Å². The lowest BCUT2D eigenvalue weighted by atomic mass is 10.1. The number of hydrogen-bond donors (Lipinski definition) is 0. The molecule has 0 aliphatic heterocycles. The van der Waals surface area contributed by atoms with Gasteiger partial charge in [-0.05, 0) is 64.1 Å². The minimum absolute atomic E-state index is 0. The number of rotatable bonds is 5. The fourth-order valence-electron chi connectivity index (χ4n) is 3.93. The predicted octanol–water partition coefficient (Wildman–Crippen LogP) is 2.02. The summed E-state index contributed by atoms with van der Waals surface area (Å²) in [7, 11) is -1.95. The molecule has 0 bridgehead atoms. The van der Waals surface area contributed by atoms with Crippen LogP contribution in [0.1, 0.15) is 27.7 Å². The standard InChI is InChI=1S/C24H29NP.HI/c1-5-25(24(2,3)4)26(21-15-9-6-10-16-21,22-17-11-7-12-18-22)23-19-13-8-14-20-23;/h6-20H,5H2,1-4H3;1H/q+1;/p-1. The Labute approximate surface area is 182 Å². The molecule has 1 nitrogen and oxygen atoms in total. The van der Waals surface area contributed by atoms with E-state index in [9.17, 15) is 0 Å². The Hall–Kier alpha value is -1.22. The molecular formula is C24H29INP. The molecule has 0 unspecified atom stereocenters. The molecule has 142 valence electrons. The molecule has 0 aliphatic rings. The fraction of sp³-hybridized carbons (Fsp3) is 0.250. The average molecular weight is 489 g/mol. The van der Waals surface area contributed by atoms with Crippen LogP contribution in [0.3, 0.4) is 0 Å². The maximum Gasteiger partial charge on any atom is 0.181 e. The van der Waals surface area contributed by atoms with Crippen molar-refractivity contribution in [2.45, 2.75) is 33.2 Å². The van der Waals surface area contributed by atoms with Crippen molar-refractivity contribution in [2.75, 3.05) is 6.54 Å². The second-order valence-electron chi connectivity index (χ2n) is 7.53. The molecule has 0 aromatic heterocycles. The number of halogens is 1. The van der Waals surface area contributed by atoms with E-state index in [2.05, 4.69) is 123 Å². The Morgan fingerprint density at radius 3 is 1.15 bits per heavy atom. The Kier molecular flexibility index (Phi) is 7.62. The number of benzene rings is 3. The summed E-state index contributed by atoms with van der Waals surface area (Å²) in [6.45, 7) is 10.3. The van der Waals surface area contributed by atoms with E-state index in [1.165, 1.54) is 15.9 Å².